The van der Waals surface area contributed by atoms with Crippen molar-refractivity contribution in [2.45, 2.75) is 6.92 Å². The number of aromatic nitrogens is 2. The Hall–Kier alpha value is -3.81. The molecule has 2 aromatic heterocycles. The second kappa shape index (κ2) is 8.94. The van der Waals surface area contributed by atoms with Crippen LogP contribution in [0, 0.1) is 6.92 Å². The van der Waals surface area contributed by atoms with Gasteiger partial charge in [-0.05, 0) is 58.7 Å². The number of hydrogen-bond donors (Lipinski definition) is 0. The number of rotatable bonds is 5. The number of carbonyl (C=O) groups is 1. The highest BCUT2D eigenvalue weighted by Gasteiger charge is 2.25. The maximum Gasteiger partial charge on any atom is 0.344 e. The minimum atomic E-state index is -0.471. The molecule has 0 bridgehead atoms. The normalized spacial score (nSPS) is 11.7. The molecule has 6 aromatic rings. The molecule has 0 amide bonds. The maximum atomic E-state index is 13.8. The summed E-state index contributed by atoms with van der Waals surface area (Å²) < 4.78 is 22.0. The smallest absolute Gasteiger partial charge is 0.344 e. The quantitative estimate of drug-likeness (QED) is 0.127. The summed E-state index contributed by atoms with van der Waals surface area (Å²) in [6.07, 6.45) is 0. The first-order valence-electron chi connectivity index (χ1n) is 11.9. The molecule has 0 radical (unpaired) electrons. The number of nitrogens with zero attached hydrogens (tertiary/aromatic N) is 2. The van der Waals surface area contributed by atoms with E-state index in [9.17, 15) is 4.79 Å². The van der Waals surface area contributed by atoms with E-state index in [0.717, 1.165) is 49.2 Å². The van der Waals surface area contributed by atoms with Crippen LogP contribution in [0.25, 0.3) is 43.6 Å². The minimum Gasteiger partial charge on any atom is -0.464 e. The van der Waals surface area contributed by atoms with E-state index in [0.29, 0.717) is 21.5 Å². The predicted octanol–water partition coefficient (Wildman–Crippen LogP) is 7.25. The Kier molecular flexibility index (Phi) is 5.70. The van der Waals surface area contributed by atoms with Crippen LogP contribution >= 0.6 is 15.9 Å². The highest BCUT2D eigenvalue weighted by atomic mass is 79.9. The number of fused-ring (bicyclic) bond motifs is 6. The molecule has 0 atom stereocenters. The van der Waals surface area contributed by atoms with E-state index in [-0.39, 0.29) is 6.79 Å². The fraction of sp³-hybridized carbons (Fsp3) is 0.167. The van der Waals surface area contributed by atoms with Crippen LogP contribution in [0.1, 0.15) is 15.9 Å². The van der Waals surface area contributed by atoms with Crippen molar-refractivity contribution in [2.75, 3.05) is 13.9 Å². The molecule has 0 aliphatic heterocycles. The number of benzene rings is 4. The van der Waals surface area contributed by atoms with Gasteiger partial charge >= 0.3 is 5.97 Å². The first kappa shape index (κ1) is 23.6. The van der Waals surface area contributed by atoms with Crippen molar-refractivity contribution in [3.8, 4) is 11.5 Å². The first-order chi connectivity index (χ1) is 17.9. The van der Waals surface area contributed by atoms with E-state index >= 15 is 0 Å². The number of ether oxygens (including phenoxy) is 3. The molecule has 7 heteroatoms. The zero-order chi connectivity index (χ0) is 25.8. The fourth-order valence-electron chi connectivity index (χ4n) is 5.32. The molecule has 0 saturated carbocycles. The van der Waals surface area contributed by atoms with Crippen LogP contribution < -0.4 is 9.47 Å². The standard InChI is InChI=1S/C30H25BrN2O4/c1-17-13-20-18-9-5-7-11-23(18)32(2)27(20)25(14-17)37-30(34)22-15-21-19-10-6-8-12-24(19)33(3)28(21)29(26(22)31)36-16-35-4/h5-15H,16H2,1-4H3. The van der Waals surface area contributed by atoms with Gasteiger partial charge in [-0.1, -0.05) is 36.4 Å². The van der Waals surface area contributed by atoms with Gasteiger partial charge in [0.2, 0.25) is 0 Å². The number of hydrogen-bond acceptors (Lipinski definition) is 4. The van der Waals surface area contributed by atoms with Gasteiger partial charge in [0.1, 0.15) is 0 Å². The van der Waals surface area contributed by atoms with Gasteiger partial charge in [0.15, 0.2) is 18.3 Å². The van der Waals surface area contributed by atoms with Crippen LogP contribution in [0.2, 0.25) is 0 Å². The van der Waals surface area contributed by atoms with E-state index in [1.165, 1.54) is 0 Å². The molecule has 186 valence electrons. The van der Waals surface area contributed by atoms with Gasteiger partial charge < -0.3 is 23.3 Å². The number of aryl methyl sites for hydroxylation is 3. The molecule has 0 N–H and O–H groups in total. The Balaban J connectivity index is 1.55. The number of methoxy groups -OCH3 is 1. The van der Waals surface area contributed by atoms with E-state index in [1.807, 2.05) is 69.6 Å². The zero-order valence-corrected chi connectivity index (χ0v) is 22.5. The summed E-state index contributed by atoms with van der Waals surface area (Å²) in [5.74, 6) is 0.577. The number of esters is 1. The van der Waals surface area contributed by atoms with Gasteiger partial charge in [-0.2, -0.15) is 0 Å². The van der Waals surface area contributed by atoms with Gasteiger partial charge in [-0.25, -0.2) is 4.79 Å². The summed E-state index contributed by atoms with van der Waals surface area (Å²) in [7, 11) is 5.54. The average Bonchev–Trinajstić information content (AvgIpc) is 3.34. The Labute approximate surface area is 222 Å². The molecule has 0 fully saturated rings. The second-order valence-corrected chi connectivity index (χ2v) is 10.0. The van der Waals surface area contributed by atoms with Crippen LogP contribution in [-0.4, -0.2) is 29.0 Å². The third kappa shape index (κ3) is 3.61. The van der Waals surface area contributed by atoms with Gasteiger partial charge in [0.25, 0.3) is 0 Å². The SMILES string of the molecule is COCOc1c(Br)c(C(=O)Oc2cc(C)cc3c4ccccc4n(C)c23)cc2c3ccccc3n(C)c12. The van der Waals surface area contributed by atoms with Crippen LogP contribution in [0.4, 0.5) is 0 Å². The van der Waals surface area contributed by atoms with Crippen molar-refractivity contribution in [3.63, 3.8) is 0 Å². The van der Waals surface area contributed by atoms with Crippen molar-refractivity contribution in [2.24, 2.45) is 14.1 Å². The molecule has 2 heterocycles. The molecule has 0 spiro atoms. The van der Waals surface area contributed by atoms with Crippen LogP contribution in [0.15, 0.2) is 71.2 Å². The van der Waals surface area contributed by atoms with E-state index in [2.05, 4.69) is 43.3 Å². The van der Waals surface area contributed by atoms with Crippen LogP contribution in [0.5, 0.6) is 11.5 Å². The lowest BCUT2D eigenvalue weighted by molar-refractivity contribution is 0.0511. The Morgan fingerprint density at radius 3 is 2.08 bits per heavy atom. The molecule has 0 aliphatic rings. The first-order valence-corrected chi connectivity index (χ1v) is 12.7. The molecule has 6 nitrogen and oxygen atoms in total. The largest absolute Gasteiger partial charge is 0.464 e. The maximum absolute atomic E-state index is 13.8. The topological polar surface area (TPSA) is 54.6 Å². The Bertz CT molecular complexity index is 1870. The van der Waals surface area contributed by atoms with Crippen molar-refractivity contribution < 1.29 is 19.0 Å². The Morgan fingerprint density at radius 2 is 1.43 bits per heavy atom. The predicted molar refractivity (Wildman–Crippen MR) is 151 cm³/mol. The summed E-state index contributed by atoms with van der Waals surface area (Å²) in [5, 5.41) is 4.09. The highest BCUT2D eigenvalue weighted by molar-refractivity contribution is 9.10. The summed E-state index contributed by atoms with van der Waals surface area (Å²) in [5.41, 5.74) is 5.25. The van der Waals surface area contributed by atoms with E-state index < -0.39 is 5.97 Å². The molecule has 37 heavy (non-hydrogen) atoms. The summed E-state index contributed by atoms with van der Waals surface area (Å²) in [6.45, 7) is 2.05. The van der Waals surface area contributed by atoms with Gasteiger partial charge in [0, 0.05) is 53.8 Å². The lowest BCUT2D eigenvalue weighted by Gasteiger charge is -2.15. The van der Waals surface area contributed by atoms with Crippen LogP contribution in [0.3, 0.4) is 0 Å². The number of carbonyl (C=O) groups excluding carboxylic acids is 1. The number of para-hydroxylation sites is 2. The molecule has 0 unspecified atom stereocenters. The summed E-state index contributed by atoms with van der Waals surface area (Å²) >= 11 is 3.64. The molecular weight excluding hydrogens is 532 g/mol. The molecular formula is C30H25BrN2O4. The third-order valence-electron chi connectivity index (χ3n) is 6.94. The molecule has 6 rings (SSSR count). The van der Waals surface area contributed by atoms with Gasteiger partial charge in [-0.15, -0.1) is 0 Å². The van der Waals surface area contributed by atoms with E-state index in [4.69, 9.17) is 14.2 Å². The fourth-order valence-corrected chi connectivity index (χ4v) is 5.90. The summed E-state index contributed by atoms with van der Waals surface area (Å²) in [4.78, 5) is 13.8. The summed E-state index contributed by atoms with van der Waals surface area (Å²) in [6, 6.07) is 22.2. The monoisotopic (exact) mass is 556 g/mol. The van der Waals surface area contributed by atoms with E-state index in [1.54, 1.807) is 7.11 Å². The van der Waals surface area contributed by atoms with Crippen molar-refractivity contribution in [1.29, 1.82) is 0 Å². The molecule has 4 aromatic carbocycles. The highest BCUT2D eigenvalue weighted by Crippen LogP contribution is 2.42. The third-order valence-corrected chi connectivity index (χ3v) is 7.73. The van der Waals surface area contributed by atoms with Crippen molar-refractivity contribution >= 4 is 65.5 Å². The average molecular weight is 557 g/mol. The number of halogens is 1. The van der Waals surface area contributed by atoms with Crippen molar-refractivity contribution in [3.05, 3.63) is 82.3 Å². The van der Waals surface area contributed by atoms with Gasteiger partial charge in [0.05, 0.1) is 21.1 Å². The van der Waals surface area contributed by atoms with Gasteiger partial charge in [-0.3, -0.25) is 0 Å². The van der Waals surface area contributed by atoms with Crippen molar-refractivity contribution in [1.82, 2.24) is 9.13 Å². The molecule has 0 aliphatic carbocycles. The molecule has 0 saturated heterocycles. The van der Waals surface area contributed by atoms with Crippen LogP contribution in [-0.2, 0) is 18.8 Å². The lowest BCUT2D eigenvalue weighted by Crippen LogP contribution is -2.12. The second-order valence-electron chi connectivity index (χ2n) is 9.22. The Morgan fingerprint density at radius 1 is 0.838 bits per heavy atom. The lowest BCUT2D eigenvalue weighted by atomic mass is 10.1. The minimum absolute atomic E-state index is 0.0438. The zero-order valence-electron chi connectivity index (χ0n) is 21.0.